The van der Waals surface area contributed by atoms with Crippen molar-refractivity contribution in [2.75, 3.05) is 0 Å². The summed E-state index contributed by atoms with van der Waals surface area (Å²) in [7, 11) is 0. The lowest BCUT2D eigenvalue weighted by atomic mass is 9.74. The van der Waals surface area contributed by atoms with Crippen LogP contribution in [0.1, 0.15) is 46.1 Å². The Morgan fingerprint density at radius 1 is 1.00 bits per heavy atom. The fourth-order valence-corrected chi connectivity index (χ4v) is 5.26. The van der Waals surface area contributed by atoms with Crippen molar-refractivity contribution >= 4 is 29.3 Å². The summed E-state index contributed by atoms with van der Waals surface area (Å²) in [6.45, 7) is 21.4. The summed E-state index contributed by atoms with van der Waals surface area (Å²) >= 11 is 0. The largest absolute Gasteiger partial charge is 0.457 e. The zero-order valence-corrected chi connectivity index (χ0v) is 21.4. The smallest absolute Gasteiger partial charge is 0.131 e. The molecule has 35 heavy (non-hydrogen) atoms. The molecule has 2 heteroatoms. The lowest BCUT2D eigenvalue weighted by molar-refractivity contribution is 0.374. The van der Waals surface area contributed by atoms with Gasteiger partial charge in [-0.15, -0.1) is 0 Å². The molecule has 0 fully saturated rings. The van der Waals surface area contributed by atoms with Crippen molar-refractivity contribution in [2.24, 2.45) is 0 Å². The third kappa shape index (κ3) is 4.49. The number of fused-ring (bicyclic) bond motifs is 2. The Hall–Kier alpha value is -3.78. The van der Waals surface area contributed by atoms with Crippen LogP contribution in [-0.2, 0) is 5.41 Å². The molecule has 0 spiro atoms. The SMILES string of the molecule is C=C/C=C\C=C(/C)CC/C=c1\c(=C)n(/C(C)=C2/C(=C)Oc3ccccc3C2(C)C)c2ccccc12. The molecule has 3 aromatic rings. The number of benzene rings is 2. The average Bonchev–Trinajstić information content (AvgIpc) is 3.10. The first-order valence-corrected chi connectivity index (χ1v) is 12.2. The number of para-hydroxylation sites is 2. The van der Waals surface area contributed by atoms with Crippen LogP contribution in [0.5, 0.6) is 5.75 Å². The molecule has 0 aliphatic carbocycles. The summed E-state index contributed by atoms with van der Waals surface area (Å²) < 4.78 is 8.48. The van der Waals surface area contributed by atoms with E-state index in [1.165, 1.54) is 21.7 Å². The first-order valence-electron chi connectivity index (χ1n) is 12.2. The van der Waals surface area contributed by atoms with E-state index in [2.05, 4.69) is 101 Å². The molecule has 0 radical (unpaired) electrons. The molecule has 0 unspecified atom stereocenters. The van der Waals surface area contributed by atoms with Crippen LogP contribution in [0.2, 0.25) is 0 Å². The third-order valence-electron chi connectivity index (χ3n) is 6.93. The van der Waals surface area contributed by atoms with Crippen LogP contribution >= 0.6 is 0 Å². The van der Waals surface area contributed by atoms with Gasteiger partial charge in [0, 0.05) is 38.2 Å². The van der Waals surface area contributed by atoms with E-state index >= 15 is 0 Å². The molecule has 1 aromatic heterocycles. The highest BCUT2D eigenvalue weighted by Crippen LogP contribution is 2.47. The Labute approximate surface area is 209 Å². The molecule has 0 saturated carbocycles. The van der Waals surface area contributed by atoms with E-state index in [1.54, 1.807) is 6.08 Å². The molecule has 0 atom stereocenters. The monoisotopic (exact) mass is 461 g/mol. The summed E-state index contributed by atoms with van der Waals surface area (Å²) in [6, 6.07) is 16.8. The van der Waals surface area contributed by atoms with Crippen molar-refractivity contribution in [3.8, 4) is 5.75 Å². The van der Waals surface area contributed by atoms with Crippen molar-refractivity contribution in [2.45, 2.75) is 46.0 Å². The zero-order chi connectivity index (χ0) is 25.2. The van der Waals surface area contributed by atoms with Gasteiger partial charge < -0.3 is 9.30 Å². The van der Waals surface area contributed by atoms with E-state index in [0.29, 0.717) is 5.76 Å². The fraction of sp³-hybridized carbons (Fsp3) is 0.212. The van der Waals surface area contributed by atoms with Gasteiger partial charge in [0.1, 0.15) is 11.5 Å². The third-order valence-corrected chi connectivity index (χ3v) is 6.93. The normalized spacial score (nSPS) is 17.5. The van der Waals surface area contributed by atoms with Gasteiger partial charge in [0.15, 0.2) is 0 Å². The van der Waals surface area contributed by atoms with E-state index in [0.717, 1.165) is 40.7 Å². The van der Waals surface area contributed by atoms with Gasteiger partial charge in [0.2, 0.25) is 0 Å². The number of nitrogens with zero attached hydrogens (tertiary/aromatic N) is 1. The Kier molecular flexibility index (Phi) is 6.84. The fourth-order valence-electron chi connectivity index (χ4n) is 5.26. The van der Waals surface area contributed by atoms with Crippen LogP contribution in [0.25, 0.3) is 29.3 Å². The lowest BCUT2D eigenvalue weighted by Crippen LogP contribution is -2.33. The van der Waals surface area contributed by atoms with Gasteiger partial charge in [-0.2, -0.15) is 0 Å². The molecule has 2 nitrogen and oxygen atoms in total. The van der Waals surface area contributed by atoms with Gasteiger partial charge >= 0.3 is 0 Å². The predicted molar refractivity (Wildman–Crippen MR) is 152 cm³/mol. The van der Waals surface area contributed by atoms with Crippen LogP contribution in [0.4, 0.5) is 0 Å². The number of hydrogen-bond acceptors (Lipinski definition) is 1. The number of aromatic nitrogens is 1. The highest BCUT2D eigenvalue weighted by molar-refractivity contribution is 5.86. The molecule has 1 aliphatic heterocycles. The Balaban J connectivity index is 1.85. The molecular weight excluding hydrogens is 426 g/mol. The van der Waals surface area contributed by atoms with Gasteiger partial charge in [0.05, 0.1) is 5.52 Å². The standard InChI is InChI=1S/C33H35NO/c1-8-9-10-16-23(2)17-15-19-27-24(3)34(30-21-13-11-18-28(27)30)25(4)32-26(5)35-31-22-14-12-20-29(31)33(32,6)7/h8-14,16,18-22H,1,3,5,15,17H2,2,4,6-7H3/b10-9-,23-16+,27-19+,32-25-. The molecule has 0 bridgehead atoms. The van der Waals surface area contributed by atoms with Gasteiger partial charge in [-0.1, -0.05) is 106 Å². The maximum absolute atomic E-state index is 6.20. The molecule has 2 heterocycles. The highest BCUT2D eigenvalue weighted by Gasteiger charge is 2.37. The topological polar surface area (TPSA) is 14.2 Å². The van der Waals surface area contributed by atoms with Crippen molar-refractivity contribution < 1.29 is 4.74 Å². The van der Waals surface area contributed by atoms with Crippen molar-refractivity contribution in [1.82, 2.24) is 4.57 Å². The van der Waals surface area contributed by atoms with Crippen LogP contribution in [0.15, 0.2) is 103 Å². The second kappa shape index (κ2) is 9.84. The molecular formula is C33H35NO. The van der Waals surface area contributed by atoms with Crippen LogP contribution in [0.3, 0.4) is 0 Å². The van der Waals surface area contributed by atoms with Gasteiger partial charge in [-0.3, -0.25) is 0 Å². The Bertz CT molecular complexity index is 1500. The average molecular weight is 462 g/mol. The minimum atomic E-state index is -0.251. The van der Waals surface area contributed by atoms with E-state index in [4.69, 9.17) is 4.74 Å². The molecule has 1 aliphatic rings. The van der Waals surface area contributed by atoms with Crippen LogP contribution < -0.4 is 15.3 Å². The quantitative estimate of drug-likeness (QED) is 0.349. The van der Waals surface area contributed by atoms with Crippen molar-refractivity contribution in [3.05, 3.63) is 119 Å². The molecule has 2 aromatic carbocycles. The van der Waals surface area contributed by atoms with Gasteiger partial charge in [0.25, 0.3) is 0 Å². The summed E-state index contributed by atoms with van der Waals surface area (Å²) in [5.41, 5.74) is 5.60. The number of rotatable bonds is 6. The van der Waals surface area contributed by atoms with Gasteiger partial charge in [-0.05, 0) is 38.8 Å². The molecule has 0 N–H and O–H groups in total. The number of ether oxygens (including phenoxy) is 1. The van der Waals surface area contributed by atoms with Crippen molar-refractivity contribution in [1.29, 1.82) is 0 Å². The Morgan fingerprint density at radius 2 is 1.71 bits per heavy atom. The van der Waals surface area contributed by atoms with E-state index < -0.39 is 0 Å². The summed E-state index contributed by atoms with van der Waals surface area (Å²) in [4.78, 5) is 0. The molecule has 0 saturated heterocycles. The minimum Gasteiger partial charge on any atom is -0.457 e. The van der Waals surface area contributed by atoms with Crippen LogP contribution in [0, 0.1) is 0 Å². The summed E-state index contributed by atoms with van der Waals surface area (Å²) in [6.07, 6.45) is 12.2. The zero-order valence-electron chi connectivity index (χ0n) is 21.4. The van der Waals surface area contributed by atoms with Crippen molar-refractivity contribution in [3.63, 3.8) is 0 Å². The molecule has 0 amide bonds. The van der Waals surface area contributed by atoms with E-state index in [1.807, 2.05) is 24.3 Å². The Morgan fingerprint density at radius 3 is 2.49 bits per heavy atom. The summed E-state index contributed by atoms with van der Waals surface area (Å²) in [5, 5.41) is 3.40. The lowest BCUT2D eigenvalue weighted by Gasteiger charge is -2.37. The number of hydrogen-bond donors (Lipinski definition) is 0. The second-order valence-electron chi connectivity index (χ2n) is 9.70. The first kappa shape index (κ1) is 24.3. The van der Waals surface area contributed by atoms with Crippen LogP contribution in [-0.4, -0.2) is 4.57 Å². The highest BCUT2D eigenvalue weighted by atomic mass is 16.5. The molecule has 178 valence electrons. The number of allylic oxidation sites excluding steroid dienone is 7. The summed E-state index contributed by atoms with van der Waals surface area (Å²) in [5.74, 6) is 1.58. The maximum Gasteiger partial charge on any atom is 0.131 e. The van der Waals surface area contributed by atoms with E-state index in [-0.39, 0.29) is 5.41 Å². The first-order chi connectivity index (χ1) is 16.8. The van der Waals surface area contributed by atoms with E-state index in [9.17, 15) is 0 Å². The predicted octanol–water partition coefficient (Wildman–Crippen LogP) is 7.42. The second-order valence-corrected chi connectivity index (χ2v) is 9.70. The molecule has 4 rings (SSSR count). The maximum atomic E-state index is 6.20. The van der Waals surface area contributed by atoms with Gasteiger partial charge in [-0.25, -0.2) is 0 Å². The minimum absolute atomic E-state index is 0.251.